The fraction of sp³-hybridized carbons (Fsp3) is 0.333. The van der Waals surface area contributed by atoms with E-state index in [2.05, 4.69) is 19.9 Å². The van der Waals surface area contributed by atoms with E-state index in [1.165, 1.54) is 6.20 Å². The number of aromatic amines is 2. The second-order valence-corrected chi connectivity index (χ2v) is 5.07. The van der Waals surface area contributed by atoms with Crippen molar-refractivity contribution in [3.63, 3.8) is 0 Å². The highest BCUT2D eigenvalue weighted by Crippen LogP contribution is 2.13. The second-order valence-electron chi connectivity index (χ2n) is 4.64. The number of nitrogens with one attached hydrogen (secondary N) is 2. The van der Waals surface area contributed by atoms with Crippen molar-refractivity contribution in [3.8, 4) is 0 Å². The molecule has 0 aromatic carbocycles. The van der Waals surface area contributed by atoms with Crippen molar-refractivity contribution in [2.75, 3.05) is 31.1 Å². The van der Waals surface area contributed by atoms with Gasteiger partial charge in [-0.05, 0) is 0 Å². The van der Waals surface area contributed by atoms with Crippen LogP contribution in [0.5, 0.6) is 0 Å². The third kappa shape index (κ3) is 2.89. The first-order valence-electron chi connectivity index (χ1n) is 6.43. The highest BCUT2D eigenvalue weighted by molar-refractivity contribution is 6.30. The number of amides is 1. The first-order chi connectivity index (χ1) is 10.1. The molecule has 0 atom stereocenters. The Labute approximate surface area is 124 Å². The summed E-state index contributed by atoms with van der Waals surface area (Å²) in [6.07, 6.45) is 4.48. The van der Waals surface area contributed by atoms with Gasteiger partial charge in [-0.1, -0.05) is 11.6 Å². The molecule has 0 aliphatic carbocycles. The third-order valence-electron chi connectivity index (χ3n) is 3.28. The Hall–Kier alpha value is -2.35. The van der Waals surface area contributed by atoms with Gasteiger partial charge >= 0.3 is 5.69 Å². The van der Waals surface area contributed by atoms with Crippen molar-refractivity contribution in [3.05, 3.63) is 39.8 Å². The predicted molar refractivity (Wildman–Crippen MR) is 76.6 cm³/mol. The van der Waals surface area contributed by atoms with E-state index in [1.807, 2.05) is 4.90 Å². The van der Waals surface area contributed by atoms with Gasteiger partial charge in [0.15, 0.2) is 0 Å². The Morgan fingerprint density at radius 3 is 2.43 bits per heavy atom. The average molecular weight is 309 g/mol. The van der Waals surface area contributed by atoms with E-state index < -0.39 is 0 Å². The van der Waals surface area contributed by atoms with E-state index in [0.29, 0.717) is 37.1 Å². The summed E-state index contributed by atoms with van der Waals surface area (Å²) in [5.41, 5.74) is -0.109. The number of hydrogen-bond acceptors (Lipinski definition) is 5. The summed E-state index contributed by atoms with van der Waals surface area (Å²) in [6.45, 7) is 2.33. The lowest BCUT2D eigenvalue weighted by atomic mass is 10.3. The number of H-pyrrole nitrogens is 2. The van der Waals surface area contributed by atoms with E-state index in [9.17, 15) is 9.59 Å². The maximum Gasteiger partial charge on any atom is 0.323 e. The minimum atomic E-state index is -0.383. The highest BCUT2D eigenvalue weighted by Gasteiger charge is 2.24. The normalized spacial score (nSPS) is 15.3. The zero-order valence-corrected chi connectivity index (χ0v) is 11.8. The summed E-state index contributed by atoms with van der Waals surface area (Å²) >= 11 is 5.76. The van der Waals surface area contributed by atoms with E-state index in [0.717, 1.165) is 0 Å². The van der Waals surface area contributed by atoms with E-state index >= 15 is 0 Å². The number of anilines is 1. The number of hydrogen-bond donors (Lipinski definition) is 2. The average Bonchev–Trinajstić information content (AvgIpc) is 2.94. The van der Waals surface area contributed by atoms with Crippen molar-refractivity contribution in [2.24, 2.45) is 0 Å². The van der Waals surface area contributed by atoms with E-state index in [4.69, 9.17) is 11.6 Å². The number of carbonyl (C=O) groups is 1. The first kappa shape index (κ1) is 13.6. The predicted octanol–water partition coefficient (Wildman–Crippen LogP) is 0.109. The molecule has 0 radical (unpaired) electrons. The van der Waals surface area contributed by atoms with E-state index in [-0.39, 0.29) is 17.3 Å². The number of halogens is 1. The molecule has 0 saturated carbocycles. The van der Waals surface area contributed by atoms with Crippen molar-refractivity contribution >= 4 is 23.5 Å². The van der Waals surface area contributed by atoms with Gasteiger partial charge in [0.05, 0.1) is 17.4 Å². The topological polar surface area (TPSA) is 98.0 Å². The molecule has 2 N–H and O–H groups in total. The van der Waals surface area contributed by atoms with Crippen LogP contribution >= 0.6 is 11.6 Å². The molecule has 8 nitrogen and oxygen atoms in total. The quantitative estimate of drug-likeness (QED) is 0.820. The van der Waals surface area contributed by atoms with Crippen LogP contribution < -0.4 is 10.6 Å². The van der Waals surface area contributed by atoms with Crippen molar-refractivity contribution in [2.45, 2.75) is 0 Å². The Balaban J connectivity index is 1.63. The number of imidazole rings is 1. The van der Waals surface area contributed by atoms with Crippen LogP contribution in [0.25, 0.3) is 0 Å². The highest BCUT2D eigenvalue weighted by atomic mass is 35.5. The molecule has 0 unspecified atom stereocenters. The Morgan fingerprint density at radius 2 is 1.86 bits per heavy atom. The second kappa shape index (κ2) is 5.57. The zero-order chi connectivity index (χ0) is 14.8. The molecule has 3 heterocycles. The summed E-state index contributed by atoms with van der Waals surface area (Å²) in [5, 5.41) is 0.490. The smallest absolute Gasteiger partial charge is 0.323 e. The number of rotatable bonds is 2. The van der Waals surface area contributed by atoms with Crippen LogP contribution in [0.1, 0.15) is 10.5 Å². The maximum absolute atomic E-state index is 12.2. The van der Waals surface area contributed by atoms with Gasteiger partial charge in [0.2, 0.25) is 5.95 Å². The van der Waals surface area contributed by atoms with Crippen LogP contribution in [0, 0.1) is 0 Å². The van der Waals surface area contributed by atoms with Gasteiger partial charge in [-0.3, -0.25) is 4.79 Å². The summed E-state index contributed by atoms with van der Waals surface area (Å²) < 4.78 is 0. The van der Waals surface area contributed by atoms with Crippen LogP contribution in [0.2, 0.25) is 5.02 Å². The van der Waals surface area contributed by atoms with Crippen LogP contribution in [0.4, 0.5) is 5.95 Å². The molecule has 2 aromatic heterocycles. The number of piperazine rings is 1. The van der Waals surface area contributed by atoms with Crippen LogP contribution in [0.3, 0.4) is 0 Å². The molecule has 0 spiro atoms. The minimum absolute atomic E-state index is 0.190. The standard InChI is InChI=1S/C12H13ClN6O2/c13-8-5-14-11(15-6-8)19-3-1-18(2-4-19)10(20)9-7-16-12(21)17-9/h5-7H,1-4H2,(H2,16,17,21). The van der Waals surface area contributed by atoms with Gasteiger partial charge in [-0.25, -0.2) is 14.8 Å². The lowest BCUT2D eigenvalue weighted by Gasteiger charge is -2.34. The molecule has 110 valence electrons. The van der Waals surface area contributed by atoms with Gasteiger partial charge in [-0.15, -0.1) is 0 Å². The maximum atomic E-state index is 12.2. The summed E-state index contributed by atoms with van der Waals surface area (Å²) in [5.74, 6) is 0.409. The van der Waals surface area contributed by atoms with Gasteiger partial charge in [0.25, 0.3) is 5.91 Å². The third-order valence-corrected chi connectivity index (χ3v) is 3.48. The number of aromatic nitrogens is 4. The SMILES string of the molecule is O=C(c1c[nH]c(=O)[nH]1)N1CCN(c2ncc(Cl)cn2)CC1. The van der Waals surface area contributed by atoms with Gasteiger partial charge in [0.1, 0.15) is 5.69 Å². The first-order valence-corrected chi connectivity index (χ1v) is 6.81. The van der Waals surface area contributed by atoms with Gasteiger partial charge < -0.3 is 19.8 Å². The van der Waals surface area contributed by atoms with Gasteiger partial charge in [-0.2, -0.15) is 0 Å². The van der Waals surface area contributed by atoms with Crippen LogP contribution in [-0.2, 0) is 0 Å². The molecule has 3 rings (SSSR count). The molecule has 1 saturated heterocycles. The fourth-order valence-corrected chi connectivity index (χ4v) is 2.29. The summed E-state index contributed by atoms with van der Waals surface area (Å²) in [6, 6.07) is 0. The molecular weight excluding hydrogens is 296 g/mol. The molecule has 1 fully saturated rings. The Bertz CT molecular complexity index is 686. The fourth-order valence-electron chi connectivity index (χ4n) is 2.20. The van der Waals surface area contributed by atoms with E-state index in [1.54, 1.807) is 17.3 Å². The molecule has 0 bridgehead atoms. The molecule has 1 aliphatic rings. The van der Waals surface area contributed by atoms with Crippen LogP contribution in [-0.4, -0.2) is 56.9 Å². The van der Waals surface area contributed by atoms with Crippen molar-refractivity contribution in [1.82, 2.24) is 24.8 Å². The number of carbonyl (C=O) groups excluding carboxylic acids is 1. The molecular formula is C12H13ClN6O2. The molecule has 1 aliphatic heterocycles. The summed E-state index contributed by atoms with van der Waals surface area (Å²) in [7, 11) is 0. The van der Waals surface area contributed by atoms with Crippen molar-refractivity contribution < 1.29 is 4.79 Å². The molecule has 21 heavy (non-hydrogen) atoms. The van der Waals surface area contributed by atoms with Gasteiger partial charge in [0, 0.05) is 32.4 Å². The lowest BCUT2D eigenvalue weighted by molar-refractivity contribution is 0.0740. The summed E-state index contributed by atoms with van der Waals surface area (Å²) in [4.78, 5) is 40.1. The van der Waals surface area contributed by atoms with Crippen LogP contribution in [0.15, 0.2) is 23.4 Å². The lowest BCUT2D eigenvalue weighted by Crippen LogP contribution is -2.49. The molecule has 9 heteroatoms. The minimum Gasteiger partial charge on any atom is -0.337 e. The molecule has 2 aromatic rings. The van der Waals surface area contributed by atoms with Crippen molar-refractivity contribution in [1.29, 1.82) is 0 Å². The Morgan fingerprint density at radius 1 is 1.19 bits per heavy atom. The largest absolute Gasteiger partial charge is 0.337 e. The molecule has 1 amide bonds. The number of nitrogens with zero attached hydrogens (tertiary/aromatic N) is 4. The zero-order valence-electron chi connectivity index (χ0n) is 11.0. The Kier molecular flexibility index (Phi) is 3.61. The monoisotopic (exact) mass is 308 g/mol.